The second-order valence-corrected chi connectivity index (χ2v) is 9.09. The van der Waals surface area contributed by atoms with E-state index in [0.29, 0.717) is 30.8 Å². The van der Waals surface area contributed by atoms with Gasteiger partial charge in [0.2, 0.25) is 21.8 Å². The van der Waals surface area contributed by atoms with E-state index in [0.717, 1.165) is 0 Å². The molecule has 1 aliphatic heterocycles. The Hall–Kier alpha value is -2.98. The third-order valence-electron chi connectivity index (χ3n) is 5.00. The fourth-order valence-electron chi connectivity index (χ4n) is 3.32. The quantitative estimate of drug-likeness (QED) is 0.673. The van der Waals surface area contributed by atoms with E-state index < -0.39 is 27.7 Å². The SMILES string of the molecule is COc1ccc(S(=O)(=O)N2CCC[C@@H](C(=O)NCC(=O)Nc3ccc(F)cc3)C2)cc1. The fourth-order valence-corrected chi connectivity index (χ4v) is 4.85. The molecule has 0 radical (unpaired) electrons. The van der Waals surface area contributed by atoms with Gasteiger partial charge in [0.15, 0.2) is 0 Å². The second kappa shape index (κ2) is 9.88. The van der Waals surface area contributed by atoms with Crippen LogP contribution in [0.1, 0.15) is 12.8 Å². The topological polar surface area (TPSA) is 105 Å². The van der Waals surface area contributed by atoms with Crippen molar-refractivity contribution in [1.82, 2.24) is 9.62 Å². The van der Waals surface area contributed by atoms with E-state index in [1.165, 1.54) is 47.8 Å². The highest BCUT2D eigenvalue weighted by Gasteiger charge is 2.33. The van der Waals surface area contributed by atoms with E-state index in [4.69, 9.17) is 4.74 Å². The molecule has 0 bridgehead atoms. The number of piperidine rings is 1. The second-order valence-electron chi connectivity index (χ2n) is 7.15. The molecule has 2 N–H and O–H groups in total. The van der Waals surface area contributed by atoms with Gasteiger partial charge >= 0.3 is 0 Å². The summed E-state index contributed by atoms with van der Waals surface area (Å²) in [6.45, 7) is 0.0981. The number of halogens is 1. The number of sulfonamides is 1. The number of anilines is 1. The summed E-state index contributed by atoms with van der Waals surface area (Å²) in [6, 6.07) is 11.3. The van der Waals surface area contributed by atoms with Crippen molar-refractivity contribution in [2.75, 3.05) is 32.1 Å². The summed E-state index contributed by atoms with van der Waals surface area (Å²) in [5.74, 6) is -1.27. The number of hydrogen-bond acceptors (Lipinski definition) is 5. The molecule has 10 heteroatoms. The van der Waals surface area contributed by atoms with Crippen LogP contribution in [0.5, 0.6) is 5.75 Å². The first-order chi connectivity index (χ1) is 14.8. The number of carbonyl (C=O) groups is 2. The fraction of sp³-hybridized carbons (Fsp3) is 0.333. The Labute approximate surface area is 180 Å². The summed E-state index contributed by atoms with van der Waals surface area (Å²) in [7, 11) is -2.24. The maximum absolute atomic E-state index is 12.9. The zero-order valence-corrected chi connectivity index (χ0v) is 17.8. The van der Waals surface area contributed by atoms with Crippen LogP contribution in [0.25, 0.3) is 0 Å². The van der Waals surface area contributed by atoms with Crippen LogP contribution in [-0.4, -0.2) is 51.3 Å². The normalized spacial score (nSPS) is 17.0. The van der Waals surface area contributed by atoms with Crippen LogP contribution in [0.15, 0.2) is 53.4 Å². The van der Waals surface area contributed by atoms with Gasteiger partial charge in [0.1, 0.15) is 11.6 Å². The van der Waals surface area contributed by atoms with Crippen molar-refractivity contribution >= 4 is 27.5 Å². The number of carbonyl (C=O) groups excluding carboxylic acids is 2. The van der Waals surface area contributed by atoms with Crippen molar-refractivity contribution in [3.05, 3.63) is 54.3 Å². The number of nitrogens with zero attached hydrogens (tertiary/aromatic N) is 1. The molecule has 1 aliphatic rings. The van der Waals surface area contributed by atoms with E-state index >= 15 is 0 Å². The first kappa shape index (κ1) is 22.7. The van der Waals surface area contributed by atoms with Crippen molar-refractivity contribution in [3.8, 4) is 5.75 Å². The molecule has 0 saturated carbocycles. The lowest BCUT2D eigenvalue weighted by molar-refractivity contribution is -0.128. The number of benzene rings is 2. The molecule has 166 valence electrons. The average Bonchev–Trinajstić information content (AvgIpc) is 2.79. The summed E-state index contributed by atoms with van der Waals surface area (Å²) in [4.78, 5) is 24.7. The lowest BCUT2D eigenvalue weighted by Crippen LogP contribution is -2.46. The number of ether oxygens (including phenoxy) is 1. The van der Waals surface area contributed by atoms with Gasteiger partial charge in [0.05, 0.1) is 24.5 Å². The molecule has 0 unspecified atom stereocenters. The van der Waals surface area contributed by atoms with E-state index in [2.05, 4.69) is 10.6 Å². The van der Waals surface area contributed by atoms with Gasteiger partial charge in [-0.25, -0.2) is 12.8 Å². The Kier molecular flexibility index (Phi) is 7.24. The maximum atomic E-state index is 12.9. The minimum Gasteiger partial charge on any atom is -0.497 e. The summed E-state index contributed by atoms with van der Waals surface area (Å²) in [5, 5.41) is 5.10. The summed E-state index contributed by atoms with van der Waals surface area (Å²) in [5.41, 5.74) is 0.412. The van der Waals surface area contributed by atoms with Crippen molar-refractivity contribution < 1.29 is 27.1 Å². The van der Waals surface area contributed by atoms with Crippen molar-refractivity contribution in [2.45, 2.75) is 17.7 Å². The Morgan fingerprint density at radius 2 is 1.81 bits per heavy atom. The molecule has 8 nitrogen and oxygen atoms in total. The van der Waals surface area contributed by atoms with Crippen molar-refractivity contribution in [2.24, 2.45) is 5.92 Å². The molecule has 1 fully saturated rings. The standard InChI is InChI=1S/C21H24FN3O5S/c1-30-18-8-10-19(11-9-18)31(28,29)25-12-2-3-15(14-25)21(27)23-13-20(26)24-17-6-4-16(22)5-7-17/h4-11,15H,2-3,12-14H2,1H3,(H,23,27)(H,24,26)/t15-/m1/s1. The van der Waals surface area contributed by atoms with Gasteiger partial charge in [-0.05, 0) is 61.4 Å². The van der Waals surface area contributed by atoms with Crippen LogP contribution in [0, 0.1) is 11.7 Å². The van der Waals surface area contributed by atoms with Crippen LogP contribution in [0.4, 0.5) is 10.1 Å². The lowest BCUT2D eigenvalue weighted by Gasteiger charge is -2.31. The van der Waals surface area contributed by atoms with Crippen LogP contribution >= 0.6 is 0 Å². The van der Waals surface area contributed by atoms with Gasteiger partial charge in [0, 0.05) is 18.8 Å². The Morgan fingerprint density at radius 1 is 1.13 bits per heavy atom. The summed E-state index contributed by atoms with van der Waals surface area (Å²) < 4.78 is 45.1. The Bertz CT molecular complexity index is 1030. The zero-order valence-electron chi connectivity index (χ0n) is 17.0. The largest absolute Gasteiger partial charge is 0.497 e. The molecule has 31 heavy (non-hydrogen) atoms. The Morgan fingerprint density at radius 3 is 2.45 bits per heavy atom. The third-order valence-corrected chi connectivity index (χ3v) is 6.88. The lowest BCUT2D eigenvalue weighted by atomic mass is 9.99. The van der Waals surface area contributed by atoms with Gasteiger partial charge in [-0.2, -0.15) is 4.31 Å². The molecular formula is C21H24FN3O5S. The minimum absolute atomic E-state index is 0.0414. The first-order valence-electron chi connectivity index (χ1n) is 9.77. The van der Waals surface area contributed by atoms with Crippen molar-refractivity contribution in [1.29, 1.82) is 0 Å². The molecule has 2 aromatic rings. The average molecular weight is 450 g/mol. The smallest absolute Gasteiger partial charge is 0.243 e. The van der Waals surface area contributed by atoms with Gasteiger partial charge in [-0.3, -0.25) is 9.59 Å². The highest BCUT2D eigenvalue weighted by Crippen LogP contribution is 2.25. The van der Waals surface area contributed by atoms with Crippen molar-refractivity contribution in [3.63, 3.8) is 0 Å². The number of hydrogen-bond donors (Lipinski definition) is 2. The van der Waals surface area contributed by atoms with Crippen LogP contribution in [-0.2, 0) is 19.6 Å². The van der Waals surface area contributed by atoms with E-state index in [1.807, 2.05) is 0 Å². The van der Waals surface area contributed by atoms with Crippen LogP contribution in [0.3, 0.4) is 0 Å². The van der Waals surface area contributed by atoms with Crippen LogP contribution < -0.4 is 15.4 Å². The molecule has 3 rings (SSSR count). The monoisotopic (exact) mass is 449 g/mol. The van der Waals surface area contributed by atoms with Gasteiger partial charge in [-0.15, -0.1) is 0 Å². The molecule has 1 heterocycles. The number of amides is 2. The molecule has 0 spiro atoms. The third kappa shape index (κ3) is 5.80. The van der Waals surface area contributed by atoms with Crippen LogP contribution in [0.2, 0.25) is 0 Å². The molecule has 1 atom stereocenters. The van der Waals surface area contributed by atoms with Gasteiger partial charge in [-0.1, -0.05) is 0 Å². The number of rotatable bonds is 7. The van der Waals surface area contributed by atoms with Gasteiger partial charge in [0.25, 0.3) is 0 Å². The number of nitrogens with one attached hydrogen (secondary N) is 2. The molecule has 2 aromatic carbocycles. The Balaban J connectivity index is 1.55. The maximum Gasteiger partial charge on any atom is 0.243 e. The molecular weight excluding hydrogens is 425 g/mol. The molecule has 0 aliphatic carbocycles. The number of methoxy groups -OCH3 is 1. The predicted octanol–water partition coefficient (Wildman–Crippen LogP) is 1.99. The van der Waals surface area contributed by atoms with Gasteiger partial charge < -0.3 is 15.4 Å². The predicted molar refractivity (Wildman–Crippen MR) is 113 cm³/mol. The summed E-state index contributed by atoms with van der Waals surface area (Å²) >= 11 is 0. The molecule has 2 amide bonds. The first-order valence-corrected chi connectivity index (χ1v) is 11.2. The van der Waals surface area contributed by atoms with E-state index in [1.54, 1.807) is 12.1 Å². The zero-order chi connectivity index (χ0) is 22.4. The van der Waals surface area contributed by atoms with E-state index in [9.17, 15) is 22.4 Å². The molecule has 1 saturated heterocycles. The summed E-state index contributed by atoms with van der Waals surface area (Å²) in [6.07, 6.45) is 1.06. The minimum atomic E-state index is -3.74. The highest BCUT2D eigenvalue weighted by atomic mass is 32.2. The molecule has 0 aromatic heterocycles. The highest BCUT2D eigenvalue weighted by molar-refractivity contribution is 7.89. The van der Waals surface area contributed by atoms with E-state index in [-0.39, 0.29) is 23.9 Å².